The van der Waals surface area contributed by atoms with Gasteiger partial charge in [0.05, 0.1) is 7.11 Å². The molecule has 88 valence electrons. The third kappa shape index (κ3) is 4.29. The largest absolute Gasteiger partial charge is 0.497 e. The SMILES string of the molecule is COc1cc(C)nc(CCCCC(N)=O)c1. The molecule has 2 N–H and O–H groups in total. The van der Waals surface area contributed by atoms with Crippen LogP contribution in [0.3, 0.4) is 0 Å². The minimum atomic E-state index is -0.241. The van der Waals surface area contributed by atoms with E-state index in [0.29, 0.717) is 6.42 Å². The van der Waals surface area contributed by atoms with Crippen molar-refractivity contribution in [2.24, 2.45) is 5.73 Å². The van der Waals surface area contributed by atoms with Gasteiger partial charge >= 0.3 is 0 Å². The van der Waals surface area contributed by atoms with Crippen LogP contribution in [0.1, 0.15) is 30.7 Å². The molecule has 0 aliphatic rings. The molecule has 1 aromatic rings. The number of aryl methyl sites for hydroxylation is 2. The quantitative estimate of drug-likeness (QED) is 0.743. The summed E-state index contributed by atoms with van der Waals surface area (Å²) in [4.78, 5) is 15.0. The second-order valence-corrected chi connectivity index (χ2v) is 3.81. The molecule has 0 spiro atoms. The molecule has 1 aromatic heterocycles. The van der Waals surface area contributed by atoms with Gasteiger partial charge in [-0.3, -0.25) is 9.78 Å². The Bertz CT molecular complexity index is 364. The normalized spacial score (nSPS) is 10.1. The molecule has 0 bridgehead atoms. The Hall–Kier alpha value is -1.58. The summed E-state index contributed by atoms with van der Waals surface area (Å²) < 4.78 is 5.17. The number of nitrogens with zero attached hydrogens (tertiary/aromatic N) is 1. The van der Waals surface area contributed by atoms with Gasteiger partial charge in [-0.05, 0) is 26.2 Å². The fraction of sp³-hybridized carbons (Fsp3) is 0.500. The molecule has 0 saturated heterocycles. The number of carbonyl (C=O) groups excluding carboxylic acids is 1. The van der Waals surface area contributed by atoms with Crippen LogP contribution < -0.4 is 10.5 Å². The van der Waals surface area contributed by atoms with E-state index in [9.17, 15) is 4.79 Å². The molecule has 4 heteroatoms. The number of ether oxygens (including phenoxy) is 1. The van der Waals surface area contributed by atoms with Crippen LogP contribution in [0.15, 0.2) is 12.1 Å². The van der Waals surface area contributed by atoms with E-state index < -0.39 is 0 Å². The van der Waals surface area contributed by atoms with Crippen molar-refractivity contribution >= 4 is 5.91 Å². The van der Waals surface area contributed by atoms with Crippen molar-refractivity contribution in [1.29, 1.82) is 0 Å². The lowest BCUT2D eigenvalue weighted by atomic mass is 10.1. The Morgan fingerprint density at radius 1 is 1.44 bits per heavy atom. The molecule has 0 radical (unpaired) electrons. The summed E-state index contributed by atoms with van der Waals surface area (Å²) in [5.41, 5.74) is 7.02. The van der Waals surface area contributed by atoms with Crippen LogP contribution in [0.5, 0.6) is 5.75 Å². The molecule has 0 fully saturated rings. The molecule has 1 rings (SSSR count). The van der Waals surface area contributed by atoms with Gasteiger partial charge in [0.25, 0.3) is 0 Å². The summed E-state index contributed by atoms with van der Waals surface area (Å²) in [6, 6.07) is 3.82. The van der Waals surface area contributed by atoms with Crippen LogP contribution in [0.4, 0.5) is 0 Å². The van der Waals surface area contributed by atoms with E-state index in [2.05, 4.69) is 4.98 Å². The Morgan fingerprint density at radius 3 is 2.81 bits per heavy atom. The maximum absolute atomic E-state index is 10.6. The average Bonchev–Trinajstić information content (AvgIpc) is 2.23. The third-order valence-electron chi connectivity index (χ3n) is 2.32. The Labute approximate surface area is 95.8 Å². The molecule has 0 aliphatic heterocycles. The Morgan fingerprint density at radius 2 is 2.19 bits per heavy atom. The fourth-order valence-corrected chi connectivity index (χ4v) is 1.55. The average molecular weight is 222 g/mol. The number of carbonyl (C=O) groups is 1. The number of rotatable bonds is 6. The molecular formula is C12H18N2O2. The highest BCUT2D eigenvalue weighted by molar-refractivity contribution is 5.73. The number of aromatic nitrogens is 1. The summed E-state index contributed by atoms with van der Waals surface area (Å²) in [7, 11) is 1.64. The molecule has 0 atom stereocenters. The van der Waals surface area contributed by atoms with Crippen molar-refractivity contribution < 1.29 is 9.53 Å². The van der Waals surface area contributed by atoms with Gasteiger partial charge in [-0.2, -0.15) is 0 Å². The standard InChI is InChI=1S/C12H18N2O2/c1-9-7-11(16-2)8-10(14-9)5-3-4-6-12(13)15/h7-8H,3-6H2,1-2H3,(H2,13,15). The highest BCUT2D eigenvalue weighted by Gasteiger charge is 2.01. The monoisotopic (exact) mass is 222 g/mol. The summed E-state index contributed by atoms with van der Waals surface area (Å²) in [5, 5.41) is 0. The van der Waals surface area contributed by atoms with E-state index in [-0.39, 0.29) is 5.91 Å². The second-order valence-electron chi connectivity index (χ2n) is 3.81. The molecule has 0 aromatic carbocycles. The van der Waals surface area contributed by atoms with Crippen molar-refractivity contribution in [2.45, 2.75) is 32.6 Å². The first-order valence-corrected chi connectivity index (χ1v) is 5.41. The minimum absolute atomic E-state index is 0.241. The van der Waals surface area contributed by atoms with E-state index in [0.717, 1.165) is 36.4 Å². The van der Waals surface area contributed by atoms with Crippen LogP contribution in [-0.2, 0) is 11.2 Å². The first-order valence-electron chi connectivity index (χ1n) is 5.41. The van der Waals surface area contributed by atoms with Gasteiger partial charge in [0.2, 0.25) is 5.91 Å². The Kier molecular flexibility index (Phi) is 4.76. The van der Waals surface area contributed by atoms with Crippen LogP contribution in [0, 0.1) is 6.92 Å². The number of nitrogens with two attached hydrogens (primary N) is 1. The molecule has 0 saturated carbocycles. The second kappa shape index (κ2) is 6.10. The number of unbranched alkanes of at least 4 members (excludes halogenated alkanes) is 1. The van der Waals surface area contributed by atoms with Crippen molar-refractivity contribution in [3.8, 4) is 5.75 Å². The number of hydrogen-bond donors (Lipinski definition) is 1. The van der Waals surface area contributed by atoms with Crippen LogP contribution in [-0.4, -0.2) is 18.0 Å². The lowest BCUT2D eigenvalue weighted by molar-refractivity contribution is -0.118. The van der Waals surface area contributed by atoms with Gasteiger partial charge < -0.3 is 10.5 Å². The van der Waals surface area contributed by atoms with Gasteiger partial charge in [-0.15, -0.1) is 0 Å². The summed E-state index contributed by atoms with van der Waals surface area (Å²) in [6.07, 6.45) is 3.03. The van der Waals surface area contributed by atoms with E-state index in [1.807, 2.05) is 19.1 Å². The van der Waals surface area contributed by atoms with E-state index >= 15 is 0 Å². The molecule has 0 aliphatic carbocycles. The lowest BCUT2D eigenvalue weighted by Gasteiger charge is -2.05. The first-order chi connectivity index (χ1) is 7.61. The molecular weight excluding hydrogens is 204 g/mol. The summed E-state index contributed by atoms with van der Waals surface area (Å²) >= 11 is 0. The number of hydrogen-bond acceptors (Lipinski definition) is 3. The van der Waals surface area contributed by atoms with Crippen LogP contribution in [0.25, 0.3) is 0 Å². The number of primary amides is 1. The van der Waals surface area contributed by atoms with E-state index in [4.69, 9.17) is 10.5 Å². The van der Waals surface area contributed by atoms with Gasteiger partial charge in [0.15, 0.2) is 0 Å². The van der Waals surface area contributed by atoms with Gasteiger partial charge in [-0.25, -0.2) is 0 Å². The van der Waals surface area contributed by atoms with Gasteiger partial charge in [0, 0.05) is 29.9 Å². The number of methoxy groups -OCH3 is 1. The molecule has 1 heterocycles. The zero-order valence-electron chi connectivity index (χ0n) is 9.82. The maximum Gasteiger partial charge on any atom is 0.217 e. The Balaban J connectivity index is 2.47. The zero-order chi connectivity index (χ0) is 12.0. The highest BCUT2D eigenvalue weighted by Crippen LogP contribution is 2.15. The number of amides is 1. The predicted octanol–water partition coefficient (Wildman–Crippen LogP) is 1.60. The predicted molar refractivity (Wildman–Crippen MR) is 62.3 cm³/mol. The molecule has 16 heavy (non-hydrogen) atoms. The lowest BCUT2D eigenvalue weighted by Crippen LogP contribution is -2.09. The summed E-state index contributed by atoms with van der Waals surface area (Å²) in [6.45, 7) is 1.94. The van der Waals surface area contributed by atoms with Crippen molar-refractivity contribution in [1.82, 2.24) is 4.98 Å². The molecule has 1 amide bonds. The highest BCUT2D eigenvalue weighted by atomic mass is 16.5. The maximum atomic E-state index is 10.6. The smallest absolute Gasteiger partial charge is 0.217 e. The zero-order valence-corrected chi connectivity index (χ0v) is 9.82. The topological polar surface area (TPSA) is 65.2 Å². The third-order valence-corrected chi connectivity index (χ3v) is 2.32. The first kappa shape index (κ1) is 12.5. The van der Waals surface area contributed by atoms with Crippen molar-refractivity contribution in [2.75, 3.05) is 7.11 Å². The fourth-order valence-electron chi connectivity index (χ4n) is 1.55. The van der Waals surface area contributed by atoms with E-state index in [1.54, 1.807) is 7.11 Å². The molecule has 0 unspecified atom stereocenters. The van der Waals surface area contributed by atoms with E-state index in [1.165, 1.54) is 0 Å². The van der Waals surface area contributed by atoms with Gasteiger partial charge in [0.1, 0.15) is 5.75 Å². The van der Waals surface area contributed by atoms with Crippen molar-refractivity contribution in [3.63, 3.8) is 0 Å². The minimum Gasteiger partial charge on any atom is -0.497 e. The van der Waals surface area contributed by atoms with Crippen LogP contribution in [0.2, 0.25) is 0 Å². The van der Waals surface area contributed by atoms with Crippen LogP contribution >= 0.6 is 0 Å². The van der Waals surface area contributed by atoms with Crippen molar-refractivity contribution in [3.05, 3.63) is 23.5 Å². The van der Waals surface area contributed by atoms with Gasteiger partial charge in [-0.1, -0.05) is 0 Å². The summed E-state index contributed by atoms with van der Waals surface area (Å²) in [5.74, 6) is 0.590. The number of pyridine rings is 1. The molecule has 4 nitrogen and oxygen atoms in total.